The van der Waals surface area contributed by atoms with Crippen LogP contribution in [0.25, 0.3) is 0 Å². The SMILES string of the molecule is CCCCCCC1(C2(C(C)Sc3ccccc3)CC2)OCCO1. The molecule has 2 aliphatic rings. The molecule has 1 aromatic carbocycles. The second kappa shape index (κ2) is 7.58. The average Bonchev–Trinajstić information content (AvgIpc) is 3.26. The molecule has 3 rings (SSSR count). The van der Waals surface area contributed by atoms with E-state index in [1.165, 1.54) is 43.4 Å². The van der Waals surface area contributed by atoms with Crippen LogP contribution < -0.4 is 0 Å². The zero-order valence-corrected chi connectivity index (χ0v) is 15.4. The molecule has 1 aromatic rings. The van der Waals surface area contributed by atoms with Gasteiger partial charge in [0.15, 0.2) is 5.79 Å². The molecule has 1 heterocycles. The van der Waals surface area contributed by atoms with E-state index in [1.54, 1.807) is 0 Å². The molecule has 0 bridgehead atoms. The summed E-state index contributed by atoms with van der Waals surface area (Å²) in [5, 5.41) is 0.522. The number of unbranched alkanes of at least 4 members (excludes halogenated alkanes) is 3. The summed E-state index contributed by atoms with van der Waals surface area (Å²) in [7, 11) is 0. The second-order valence-corrected chi connectivity index (χ2v) is 8.40. The van der Waals surface area contributed by atoms with Crippen molar-refractivity contribution in [2.75, 3.05) is 13.2 Å². The van der Waals surface area contributed by atoms with Crippen molar-refractivity contribution in [3.05, 3.63) is 30.3 Å². The monoisotopic (exact) mass is 334 g/mol. The lowest BCUT2D eigenvalue weighted by atomic mass is 9.87. The Morgan fingerprint density at radius 3 is 2.35 bits per heavy atom. The Morgan fingerprint density at radius 2 is 1.74 bits per heavy atom. The Kier molecular flexibility index (Phi) is 5.71. The first-order valence-corrected chi connectivity index (χ1v) is 10.1. The Bertz CT molecular complexity index is 478. The van der Waals surface area contributed by atoms with Gasteiger partial charge in [-0.25, -0.2) is 0 Å². The number of rotatable bonds is 9. The van der Waals surface area contributed by atoms with Crippen molar-refractivity contribution in [3.63, 3.8) is 0 Å². The van der Waals surface area contributed by atoms with Crippen molar-refractivity contribution < 1.29 is 9.47 Å². The van der Waals surface area contributed by atoms with E-state index in [2.05, 4.69) is 44.2 Å². The van der Waals surface area contributed by atoms with Gasteiger partial charge in [-0.05, 0) is 31.4 Å². The number of hydrogen-bond acceptors (Lipinski definition) is 3. The molecule has 1 unspecified atom stereocenters. The van der Waals surface area contributed by atoms with Gasteiger partial charge < -0.3 is 9.47 Å². The fourth-order valence-corrected chi connectivity index (χ4v) is 5.33. The lowest BCUT2D eigenvalue weighted by Gasteiger charge is -2.39. The molecule has 0 aromatic heterocycles. The summed E-state index contributed by atoms with van der Waals surface area (Å²) in [4.78, 5) is 1.35. The number of thioether (sulfide) groups is 1. The standard InChI is InChI=1S/C20H30O2S/c1-3-4-5-9-12-20(21-15-16-22-20)19(13-14-19)17(2)23-18-10-7-6-8-11-18/h6-8,10-11,17H,3-5,9,12-16H2,1-2H3. The second-order valence-electron chi connectivity index (χ2n) is 6.99. The van der Waals surface area contributed by atoms with Crippen LogP contribution >= 0.6 is 11.8 Å². The van der Waals surface area contributed by atoms with Crippen molar-refractivity contribution in [3.8, 4) is 0 Å². The van der Waals surface area contributed by atoms with Crippen LogP contribution in [0.2, 0.25) is 0 Å². The molecule has 0 spiro atoms. The van der Waals surface area contributed by atoms with Gasteiger partial charge in [0, 0.05) is 22.0 Å². The maximum atomic E-state index is 6.27. The molecule has 1 aliphatic heterocycles. The highest BCUT2D eigenvalue weighted by Crippen LogP contribution is 2.64. The third kappa shape index (κ3) is 3.62. The Morgan fingerprint density at radius 1 is 1.04 bits per heavy atom. The van der Waals surface area contributed by atoms with Gasteiger partial charge in [0.25, 0.3) is 0 Å². The van der Waals surface area contributed by atoms with E-state index >= 15 is 0 Å². The summed E-state index contributed by atoms with van der Waals surface area (Å²) < 4.78 is 12.5. The summed E-state index contributed by atoms with van der Waals surface area (Å²) in [5.74, 6) is -0.318. The molecule has 0 radical (unpaired) electrons. The third-order valence-corrected chi connectivity index (χ3v) is 6.84. The van der Waals surface area contributed by atoms with Crippen LogP contribution in [0.1, 0.15) is 58.8 Å². The highest BCUT2D eigenvalue weighted by molar-refractivity contribution is 8.00. The Labute approximate surface area is 145 Å². The first kappa shape index (κ1) is 17.3. The molecule has 3 heteroatoms. The fourth-order valence-electron chi connectivity index (χ4n) is 3.97. The van der Waals surface area contributed by atoms with Crippen LogP contribution in [0.5, 0.6) is 0 Å². The molecule has 2 nitrogen and oxygen atoms in total. The normalized spacial score (nSPS) is 22.9. The van der Waals surface area contributed by atoms with E-state index in [0.29, 0.717) is 5.25 Å². The van der Waals surface area contributed by atoms with Gasteiger partial charge in [-0.2, -0.15) is 0 Å². The lowest BCUT2D eigenvalue weighted by molar-refractivity contribution is -0.211. The number of ether oxygens (including phenoxy) is 2. The van der Waals surface area contributed by atoms with Gasteiger partial charge in [-0.15, -0.1) is 11.8 Å². The number of benzene rings is 1. The van der Waals surface area contributed by atoms with Crippen LogP contribution in [-0.2, 0) is 9.47 Å². The van der Waals surface area contributed by atoms with E-state index in [1.807, 2.05) is 11.8 Å². The van der Waals surface area contributed by atoms with Gasteiger partial charge in [0.05, 0.1) is 13.2 Å². The Hall–Kier alpha value is -0.510. The van der Waals surface area contributed by atoms with Crippen LogP contribution in [0.3, 0.4) is 0 Å². The molecule has 23 heavy (non-hydrogen) atoms. The number of hydrogen-bond donors (Lipinski definition) is 0. The quantitative estimate of drug-likeness (QED) is 0.429. The van der Waals surface area contributed by atoms with E-state index in [0.717, 1.165) is 19.6 Å². The first-order valence-electron chi connectivity index (χ1n) is 9.22. The zero-order valence-electron chi connectivity index (χ0n) is 14.6. The van der Waals surface area contributed by atoms with Gasteiger partial charge >= 0.3 is 0 Å². The third-order valence-electron chi connectivity index (χ3n) is 5.49. The summed E-state index contributed by atoms with van der Waals surface area (Å²) in [6, 6.07) is 10.7. The lowest BCUT2D eigenvalue weighted by Crippen LogP contribution is -2.45. The largest absolute Gasteiger partial charge is 0.347 e. The molecule has 0 N–H and O–H groups in total. The Balaban J connectivity index is 1.68. The van der Waals surface area contributed by atoms with E-state index in [4.69, 9.17) is 9.47 Å². The van der Waals surface area contributed by atoms with Crippen molar-refractivity contribution in [1.29, 1.82) is 0 Å². The molecule has 1 atom stereocenters. The fraction of sp³-hybridized carbons (Fsp3) is 0.700. The molecule has 1 aliphatic carbocycles. The molecule has 1 saturated carbocycles. The molecule has 1 saturated heterocycles. The maximum Gasteiger partial charge on any atom is 0.175 e. The first-order chi connectivity index (χ1) is 11.2. The van der Waals surface area contributed by atoms with Crippen LogP contribution in [-0.4, -0.2) is 24.3 Å². The summed E-state index contributed by atoms with van der Waals surface area (Å²) in [6.45, 7) is 6.15. The topological polar surface area (TPSA) is 18.5 Å². The molecular formula is C20H30O2S. The molecule has 2 fully saturated rings. The molecular weight excluding hydrogens is 304 g/mol. The highest BCUT2D eigenvalue weighted by Gasteiger charge is 2.65. The van der Waals surface area contributed by atoms with Crippen LogP contribution in [0.15, 0.2) is 35.2 Å². The highest BCUT2D eigenvalue weighted by atomic mass is 32.2. The predicted octanol–water partition coefficient (Wildman–Crippen LogP) is 5.66. The minimum atomic E-state index is -0.318. The maximum absolute atomic E-state index is 6.27. The summed E-state index contributed by atoms with van der Waals surface area (Å²) in [5.41, 5.74) is 0.205. The van der Waals surface area contributed by atoms with E-state index < -0.39 is 0 Å². The van der Waals surface area contributed by atoms with E-state index in [9.17, 15) is 0 Å². The van der Waals surface area contributed by atoms with Gasteiger partial charge in [0.1, 0.15) is 0 Å². The zero-order chi connectivity index (χ0) is 16.2. The summed E-state index contributed by atoms with van der Waals surface area (Å²) in [6.07, 6.45) is 8.65. The van der Waals surface area contributed by atoms with E-state index in [-0.39, 0.29) is 11.2 Å². The van der Waals surface area contributed by atoms with Crippen molar-refractivity contribution in [2.24, 2.45) is 5.41 Å². The van der Waals surface area contributed by atoms with Crippen LogP contribution in [0.4, 0.5) is 0 Å². The van der Waals surface area contributed by atoms with Crippen molar-refractivity contribution >= 4 is 11.8 Å². The smallest absolute Gasteiger partial charge is 0.175 e. The van der Waals surface area contributed by atoms with Gasteiger partial charge in [0.2, 0.25) is 0 Å². The molecule has 128 valence electrons. The summed E-state index contributed by atoms with van der Waals surface area (Å²) >= 11 is 1.98. The van der Waals surface area contributed by atoms with Crippen molar-refractivity contribution in [2.45, 2.75) is 74.7 Å². The average molecular weight is 335 g/mol. The van der Waals surface area contributed by atoms with Crippen molar-refractivity contribution in [1.82, 2.24) is 0 Å². The minimum Gasteiger partial charge on any atom is -0.347 e. The minimum absolute atomic E-state index is 0.205. The van der Waals surface area contributed by atoms with Crippen LogP contribution in [0, 0.1) is 5.41 Å². The molecule has 0 amide bonds. The van der Waals surface area contributed by atoms with Gasteiger partial charge in [-0.1, -0.05) is 51.3 Å². The van der Waals surface area contributed by atoms with Gasteiger partial charge in [-0.3, -0.25) is 0 Å². The predicted molar refractivity (Wildman–Crippen MR) is 96.8 cm³/mol.